The van der Waals surface area contributed by atoms with E-state index in [0.29, 0.717) is 32.5 Å². The second-order valence-electron chi connectivity index (χ2n) is 6.02. The molecule has 0 radical (unpaired) electrons. The van der Waals surface area contributed by atoms with E-state index in [-0.39, 0.29) is 12.1 Å². The normalized spacial score (nSPS) is 33.6. The molecule has 3 rings (SSSR count). The van der Waals surface area contributed by atoms with E-state index < -0.39 is 5.60 Å². The highest BCUT2D eigenvalue weighted by molar-refractivity contribution is 5.16. The van der Waals surface area contributed by atoms with E-state index in [9.17, 15) is 5.11 Å². The van der Waals surface area contributed by atoms with E-state index >= 15 is 0 Å². The Balaban J connectivity index is 1.75. The number of nitrogens with zero attached hydrogens (tertiary/aromatic N) is 1. The first-order valence-electron chi connectivity index (χ1n) is 7.23. The number of hydrogen-bond donors (Lipinski definition) is 1. The minimum Gasteiger partial charge on any atom is -0.389 e. The van der Waals surface area contributed by atoms with Crippen molar-refractivity contribution in [2.75, 3.05) is 13.2 Å². The van der Waals surface area contributed by atoms with E-state index in [0.717, 1.165) is 6.54 Å². The molecule has 2 unspecified atom stereocenters. The zero-order valence-electron chi connectivity index (χ0n) is 11.7. The van der Waals surface area contributed by atoms with Crippen LogP contribution >= 0.6 is 0 Å². The number of hydrogen-bond acceptors (Lipinski definition) is 3. The van der Waals surface area contributed by atoms with Crippen molar-refractivity contribution in [2.45, 2.75) is 43.5 Å². The molecule has 2 heterocycles. The second kappa shape index (κ2) is 5.57. The molecule has 2 saturated heterocycles. The summed E-state index contributed by atoms with van der Waals surface area (Å²) in [5.74, 6) is 2.62. The Morgan fingerprint density at radius 2 is 1.90 bits per heavy atom. The van der Waals surface area contributed by atoms with Gasteiger partial charge in [0.15, 0.2) is 0 Å². The maximum absolute atomic E-state index is 10.6. The quantitative estimate of drug-likeness (QED) is 0.851. The lowest BCUT2D eigenvalue weighted by Gasteiger charge is -2.51. The van der Waals surface area contributed by atoms with Gasteiger partial charge in [-0.25, -0.2) is 0 Å². The highest BCUT2D eigenvalue weighted by Gasteiger charge is 2.45. The van der Waals surface area contributed by atoms with Crippen molar-refractivity contribution < 1.29 is 9.84 Å². The lowest BCUT2D eigenvalue weighted by atomic mass is 9.79. The third-order valence-electron chi connectivity index (χ3n) is 4.43. The molecule has 2 aliphatic heterocycles. The summed E-state index contributed by atoms with van der Waals surface area (Å²) < 4.78 is 5.67. The Labute approximate surface area is 120 Å². The molecule has 106 valence electrons. The zero-order chi connectivity index (χ0) is 14.0. The van der Waals surface area contributed by atoms with Gasteiger partial charge in [0.25, 0.3) is 0 Å². The van der Waals surface area contributed by atoms with Crippen LogP contribution in [0.1, 0.15) is 24.8 Å². The predicted molar refractivity (Wildman–Crippen MR) is 78.0 cm³/mol. The van der Waals surface area contributed by atoms with Crippen molar-refractivity contribution in [2.24, 2.45) is 0 Å². The van der Waals surface area contributed by atoms with Gasteiger partial charge in [-0.3, -0.25) is 4.90 Å². The Kier molecular flexibility index (Phi) is 3.80. The van der Waals surface area contributed by atoms with Gasteiger partial charge < -0.3 is 9.84 Å². The summed E-state index contributed by atoms with van der Waals surface area (Å²) >= 11 is 0. The van der Waals surface area contributed by atoms with Gasteiger partial charge in [-0.05, 0) is 18.4 Å². The maximum Gasteiger partial charge on any atom is 0.0787 e. The van der Waals surface area contributed by atoms with Gasteiger partial charge in [-0.15, -0.1) is 12.3 Å². The van der Waals surface area contributed by atoms with Gasteiger partial charge in [0, 0.05) is 25.0 Å². The number of fused-ring (bicyclic) bond motifs is 2. The van der Waals surface area contributed by atoms with Crippen LogP contribution in [0.3, 0.4) is 0 Å². The highest BCUT2D eigenvalue weighted by Crippen LogP contribution is 2.37. The zero-order valence-corrected chi connectivity index (χ0v) is 11.7. The summed E-state index contributed by atoms with van der Waals surface area (Å²) in [5.41, 5.74) is 0.605. The molecule has 20 heavy (non-hydrogen) atoms. The van der Waals surface area contributed by atoms with Gasteiger partial charge in [0.05, 0.1) is 18.8 Å². The van der Waals surface area contributed by atoms with Crippen molar-refractivity contribution in [1.29, 1.82) is 0 Å². The van der Waals surface area contributed by atoms with Crippen molar-refractivity contribution in [3.8, 4) is 12.3 Å². The summed E-state index contributed by atoms with van der Waals surface area (Å²) in [6.07, 6.45) is 7.26. The second-order valence-corrected chi connectivity index (χ2v) is 6.02. The fourth-order valence-electron chi connectivity index (χ4n) is 3.53. The maximum atomic E-state index is 10.6. The van der Waals surface area contributed by atoms with Crippen LogP contribution in [0.25, 0.3) is 0 Å². The van der Waals surface area contributed by atoms with Gasteiger partial charge in [-0.1, -0.05) is 30.3 Å². The summed E-state index contributed by atoms with van der Waals surface area (Å²) in [6.45, 7) is 2.30. The van der Waals surface area contributed by atoms with Gasteiger partial charge in [-0.2, -0.15) is 0 Å². The number of ether oxygens (including phenoxy) is 1. The van der Waals surface area contributed by atoms with Gasteiger partial charge in [0.1, 0.15) is 0 Å². The van der Waals surface area contributed by atoms with Crippen molar-refractivity contribution in [3.63, 3.8) is 0 Å². The van der Waals surface area contributed by atoms with Crippen LogP contribution in [-0.4, -0.2) is 40.9 Å². The first-order chi connectivity index (χ1) is 9.70. The molecule has 1 N–H and O–H groups in total. The molecule has 1 aromatic rings. The summed E-state index contributed by atoms with van der Waals surface area (Å²) in [7, 11) is 0. The highest BCUT2D eigenvalue weighted by atomic mass is 16.5. The topological polar surface area (TPSA) is 32.7 Å². The molecular weight excluding hydrogens is 250 g/mol. The van der Waals surface area contributed by atoms with Crippen LogP contribution in [0, 0.1) is 12.3 Å². The first kappa shape index (κ1) is 13.6. The van der Waals surface area contributed by atoms with Crippen LogP contribution in [-0.2, 0) is 11.3 Å². The third-order valence-corrected chi connectivity index (χ3v) is 4.43. The van der Waals surface area contributed by atoms with Crippen LogP contribution in [0.4, 0.5) is 0 Å². The monoisotopic (exact) mass is 271 g/mol. The first-order valence-corrected chi connectivity index (χ1v) is 7.23. The molecule has 3 heteroatoms. The number of piperidine rings is 1. The standard InChI is InChI=1S/C17H21NO2/c1-2-8-17(19)9-15-12-20-13-16(10-17)18(15)11-14-6-4-3-5-7-14/h1,3-7,15-16,19H,8-13H2. The van der Waals surface area contributed by atoms with Crippen molar-refractivity contribution in [3.05, 3.63) is 35.9 Å². The molecule has 2 aliphatic rings. The largest absolute Gasteiger partial charge is 0.389 e. The fraction of sp³-hybridized carbons (Fsp3) is 0.529. The van der Waals surface area contributed by atoms with Crippen LogP contribution in [0.15, 0.2) is 30.3 Å². The minimum absolute atomic E-state index is 0.265. The SMILES string of the molecule is C#CCC1(O)CC2COCC(C1)N2Cc1ccccc1. The number of rotatable bonds is 3. The molecule has 3 nitrogen and oxygen atoms in total. The number of morpholine rings is 1. The molecule has 2 fully saturated rings. The molecule has 0 aliphatic carbocycles. The summed E-state index contributed by atoms with van der Waals surface area (Å²) in [4.78, 5) is 2.48. The molecule has 0 amide bonds. The average Bonchev–Trinajstić information content (AvgIpc) is 2.41. The summed E-state index contributed by atoms with van der Waals surface area (Å²) in [6, 6.07) is 11.0. The smallest absolute Gasteiger partial charge is 0.0787 e. The van der Waals surface area contributed by atoms with E-state index in [1.807, 2.05) is 6.07 Å². The van der Waals surface area contributed by atoms with E-state index in [2.05, 4.69) is 35.1 Å². The molecule has 0 spiro atoms. The minimum atomic E-state index is -0.707. The molecule has 2 atom stereocenters. The number of aliphatic hydroxyl groups is 1. The van der Waals surface area contributed by atoms with Crippen LogP contribution < -0.4 is 0 Å². The Hall–Kier alpha value is -1.34. The molecule has 2 bridgehead atoms. The van der Waals surface area contributed by atoms with Gasteiger partial charge >= 0.3 is 0 Å². The Morgan fingerprint density at radius 3 is 2.50 bits per heavy atom. The van der Waals surface area contributed by atoms with Crippen molar-refractivity contribution >= 4 is 0 Å². The number of terminal acetylenes is 1. The fourth-order valence-corrected chi connectivity index (χ4v) is 3.53. The van der Waals surface area contributed by atoms with Crippen LogP contribution in [0.2, 0.25) is 0 Å². The predicted octanol–water partition coefficient (Wildman–Crippen LogP) is 1.80. The molecule has 1 aromatic carbocycles. The Bertz CT molecular complexity index is 479. The third kappa shape index (κ3) is 2.73. The molecular formula is C17H21NO2. The van der Waals surface area contributed by atoms with Crippen LogP contribution in [0.5, 0.6) is 0 Å². The molecule has 0 saturated carbocycles. The average molecular weight is 271 g/mol. The lowest BCUT2D eigenvalue weighted by Crippen LogP contribution is -2.61. The van der Waals surface area contributed by atoms with E-state index in [1.54, 1.807) is 0 Å². The van der Waals surface area contributed by atoms with Gasteiger partial charge in [0.2, 0.25) is 0 Å². The summed E-state index contributed by atoms with van der Waals surface area (Å²) in [5, 5.41) is 10.6. The Morgan fingerprint density at radius 1 is 1.25 bits per heavy atom. The number of benzene rings is 1. The lowest BCUT2D eigenvalue weighted by molar-refractivity contribution is -0.144. The van der Waals surface area contributed by atoms with E-state index in [1.165, 1.54) is 5.56 Å². The van der Waals surface area contributed by atoms with E-state index in [4.69, 9.17) is 11.2 Å². The van der Waals surface area contributed by atoms with Crippen molar-refractivity contribution in [1.82, 2.24) is 4.90 Å². The molecule has 0 aromatic heterocycles.